The summed E-state index contributed by atoms with van der Waals surface area (Å²) in [6.45, 7) is 0. The first kappa shape index (κ1) is 15.9. The first-order valence-corrected chi connectivity index (χ1v) is 6.90. The number of rotatable bonds is 4. The maximum Gasteiger partial charge on any atom is 0.145 e. The lowest BCUT2D eigenvalue weighted by atomic mass is 9.26. The molecule has 0 aliphatic heterocycles. The maximum absolute atomic E-state index is 12.9. The van der Waals surface area contributed by atoms with Crippen LogP contribution in [-0.2, 0) is 0 Å². The standard InChI is InChI=1S/C9H16B6BrFO/c10-7(11,8(12,13)16)9(14,15)18-6-3-1-5(17)2-4-6/h1-4H,10-15H2. The third kappa shape index (κ3) is 3.23. The Kier molecular flexibility index (Phi) is 4.47. The number of hydrogen-bond donors (Lipinski definition) is 0. The summed E-state index contributed by atoms with van der Waals surface area (Å²) in [4.78, 5) is 0. The van der Waals surface area contributed by atoms with Crippen molar-refractivity contribution in [2.75, 3.05) is 0 Å². The van der Waals surface area contributed by atoms with Crippen molar-refractivity contribution < 1.29 is 9.13 Å². The molecule has 1 rings (SSSR count). The van der Waals surface area contributed by atoms with Crippen molar-refractivity contribution in [1.82, 2.24) is 0 Å². The van der Waals surface area contributed by atoms with Crippen molar-refractivity contribution in [1.29, 1.82) is 0 Å². The van der Waals surface area contributed by atoms with Gasteiger partial charge in [-0.2, -0.15) is 0 Å². The molecule has 0 amide bonds. The summed E-state index contributed by atoms with van der Waals surface area (Å²) in [5.74, 6) is 0.437. The van der Waals surface area contributed by atoms with Crippen molar-refractivity contribution in [2.45, 2.75) is 14.7 Å². The van der Waals surface area contributed by atoms with Crippen LogP contribution in [0.25, 0.3) is 0 Å². The summed E-state index contributed by atoms with van der Waals surface area (Å²) in [6, 6.07) is 6.15. The van der Waals surface area contributed by atoms with Gasteiger partial charge in [0.1, 0.15) is 58.6 Å². The molecule has 1 nitrogen and oxygen atoms in total. The van der Waals surface area contributed by atoms with Gasteiger partial charge in [-0.15, -0.1) is 15.9 Å². The molecule has 1 aromatic rings. The molecule has 0 unspecified atom stereocenters. The third-order valence-corrected chi connectivity index (χ3v) is 5.17. The molecule has 90 valence electrons. The lowest BCUT2D eigenvalue weighted by Gasteiger charge is -2.50. The van der Waals surface area contributed by atoms with Crippen LogP contribution in [0.15, 0.2) is 24.3 Å². The maximum atomic E-state index is 12.9. The summed E-state index contributed by atoms with van der Waals surface area (Å²) in [7, 11) is 12.7. The van der Waals surface area contributed by atoms with Crippen molar-refractivity contribution in [3.05, 3.63) is 30.1 Å². The third-order valence-electron chi connectivity index (χ3n) is 4.18. The van der Waals surface area contributed by atoms with E-state index in [1.165, 1.54) is 12.1 Å². The van der Waals surface area contributed by atoms with E-state index in [0.29, 0.717) is 5.75 Å². The van der Waals surface area contributed by atoms with Gasteiger partial charge in [0, 0.05) is 5.40 Å². The van der Waals surface area contributed by atoms with E-state index in [-0.39, 0.29) is 15.2 Å². The quantitative estimate of drug-likeness (QED) is 0.421. The summed E-state index contributed by atoms with van der Waals surface area (Å²) in [5.41, 5.74) is 0. The molecule has 18 heavy (non-hydrogen) atoms. The Hall–Kier alpha value is -0.180. The van der Waals surface area contributed by atoms with Gasteiger partial charge < -0.3 is 4.74 Å². The molecule has 0 saturated heterocycles. The molecule has 0 heterocycles. The summed E-state index contributed by atoms with van der Waals surface area (Å²) in [5, 5.41) is -0.508. The van der Waals surface area contributed by atoms with Crippen LogP contribution >= 0.6 is 15.9 Å². The molecule has 0 aliphatic carbocycles. The zero-order chi connectivity index (χ0) is 14.2. The van der Waals surface area contributed by atoms with Crippen LogP contribution in [0.2, 0.25) is 5.21 Å². The van der Waals surface area contributed by atoms with Crippen LogP contribution in [-0.4, -0.2) is 56.6 Å². The molecular weight excluding hydrogens is 288 g/mol. The molecule has 0 saturated carbocycles. The van der Waals surface area contributed by atoms with Crippen LogP contribution in [0.5, 0.6) is 5.75 Å². The van der Waals surface area contributed by atoms with E-state index in [9.17, 15) is 4.39 Å². The van der Waals surface area contributed by atoms with Gasteiger partial charge in [-0.05, 0) is 28.4 Å². The van der Waals surface area contributed by atoms with Crippen LogP contribution < -0.4 is 4.74 Å². The van der Waals surface area contributed by atoms with Gasteiger partial charge in [-0.1, -0.05) is 5.21 Å². The Morgan fingerprint density at radius 2 is 1.39 bits per heavy atom. The highest BCUT2D eigenvalue weighted by Crippen LogP contribution is 2.43. The van der Waals surface area contributed by atoms with E-state index in [0.717, 1.165) is 0 Å². The molecular formula is C9H16B6BrFO. The summed E-state index contributed by atoms with van der Waals surface area (Å²) < 4.78 is 18.9. The predicted molar refractivity (Wildman–Crippen MR) is 95.4 cm³/mol. The van der Waals surface area contributed by atoms with E-state index in [2.05, 4.69) is 63.0 Å². The minimum Gasteiger partial charge on any atom is -0.506 e. The first-order valence-electron chi connectivity index (χ1n) is 6.11. The average molecular weight is 304 g/mol. The Morgan fingerprint density at radius 1 is 0.944 bits per heavy atom. The molecule has 0 spiro atoms. The summed E-state index contributed by atoms with van der Waals surface area (Å²) in [6.07, 6.45) is 0. The highest BCUT2D eigenvalue weighted by atomic mass is 79.9. The highest BCUT2D eigenvalue weighted by Gasteiger charge is 2.47. The summed E-state index contributed by atoms with van der Waals surface area (Å²) >= 11 is 3.72. The monoisotopic (exact) mass is 304 g/mol. The van der Waals surface area contributed by atoms with E-state index >= 15 is 0 Å². The first-order chi connectivity index (χ1) is 7.97. The number of alkyl halides is 1. The number of hydrogen-bond acceptors (Lipinski definition) is 1. The second kappa shape index (κ2) is 5.07. The minimum atomic E-state index is -0.391. The van der Waals surface area contributed by atoms with Gasteiger partial charge in [0.05, 0.1) is 0 Å². The fraction of sp³-hybridized carbons (Fsp3) is 0.333. The van der Waals surface area contributed by atoms with Crippen LogP contribution in [0.3, 0.4) is 0 Å². The fourth-order valence-corrected chi connectivity index (χ4v) is 2.12. The molecule has 0 N–H and O–H groups in total. The van der Waals surface area contributed by atoms with E-state index < -0.39 is 5.40 Å². The predicted octanol–water partition coefficient (Wildman–Crippen LogP) is -3.18. The lowest BCUT2D eigenvalue weighted by molar-refractivity contribution is 0.217. The normalized spacial score (nSPS) is 13.2. The zero-order valence-electron chi connectivity index (χ0n) is 12.0. The topological polar surface area (TPSA) is 9.23 Å². The van der Waals surface area contributed by atoms with Crippen molar-refractivity contribution in [3.63, 3.8) is 0 Å². The highest BCUT2D eigenvalue weighted by molar-refractivity contribution is 9.11. The van der Waals surface area contributed by atoms with E-state index in [4.69, 9.17) is 4.74 Å². The second-order valence-corrected chi connectivity index (χ2v) is 8.15. The molecule has 1 aromatic carbocycles. The van der Waals surface area contributed by atoms with Gasteiger partial charge >= 0.3 is 0 Å². The van der Waals surface area contributed by atoms with Crippen molar-refractivity contribution in [2.24, 2.45) is 0 Å². The molecule has 0 fully saturated rings. The fourth-order valence-electron chi connectivity index (χ4n) is 1.64. The minimum absolute atomic E-state index is 0.0798. The Labute approximate surface area is 123 Å². The van der Waals surface area contributed by atoms with Crippen LogP contribution in [0.1, 0.15) is 0 Å². The number of benzene rings is 1. The van der Waals surface area contributed by atoms with Gasteiger partial charge in [0.2, 0.25) is 0 Å². The average Bonchev–Trinajstić information content (AvgIpc) is 2.19. The van der Waals surface area contributed by atoms with Crippen LogP contribution in [0, 0.1) is 5.82 Å². The molecule has 0 atom stereocenters. The Bertz CT molecular complexity index is 416. The van der Waals surface area contributed by atoms with E-state index in [1.807, 2.05) is 0 Å². The number of ether oxygens (including phenoxy) is 1. The molecule has 0 bridgehead atoms. The Morgan fingerprint density at radius 3 is 1.78 bits per heavy atom. The van der Waals surface area contributed by atoms with Gasteiger partial charge in [-0.3, -0.25) is 0 Å². The lowest BCUT2D eigenvalue weighted by Crippen LogP contribution is -2.60. The SMILES string of the molecule is BC(B)(Br)C(B)(B)C(B)(B)Oc1ccc(F)cc1. The van der Waals surface area contributed by atoms with Crippen LogP contribution in [0.4, 0.5) is 4.39 Å². The van der Waals surface area contributed by atoms with Gasteiger partial charge in [0.25, 0.3) is 0 Å². The zero-order valence-corrected chi connectivity index (χ0v) is 13.6. The van der Waals surface area contributed by atoms with Gasteiger partial charge in [0.15, 0.2) is 0 Å². The number of halogens is 2. The second-order valence-electron chi connectivity index (χ2n) is 6.16. The molecule has 0 radical (unpaired) electrons. The molecule has 0 aliphatic rings. The Balaban J connectivity index is 2.97. The smallest absolute Gasteiger partial charge is 0.145 e. The van der Waals surface area contributed by atoms with E-state index in [1.54, 1.807) is 12.1 Å². The van der Waals surface area contributed by atoms with Crippen molar-refractivity contribution in [3.8, 4) is 5.75 Å². The van der Waals surface area contributed by atoms with Gasteiger partial charge in [-0.25, -0.2) is 4.39 Å². The largest absolute Gasteiger partial charge is 0.506 e. The molecule has 0 aromatic heterocycles. The van der Waals surface area contributed by atoms with Crippen molar-refractivity contribution >= 4 is 63.0 Å². The molecule has 9 heteroatoms.